The lowest BCUT2D eigenvalue weighted by Crippen LogP contribution is -2.41. The largest absolute Gasteiger partial charge is 0.226 e. The number of para-hydroxylation sites is 3. The summed E-state index contributed by atoms with van der Waals surface area (Å²) in [7, 11) is 0. The molecule has 0 amide bonds. The molecule has 3 aromatic rings. The van der Waals surface area contributed by atoms with Crippen molar-refractivity contribution in [2.45, 2.75) is 105 Å². The van der Waals surface area contributed by atoms with Gasteiger partial charge in [0.05, 0.1) is 6.54 Å². The Bertz CT molecular complexity index is 923. The van der Waals surface area contributed by atoms with E-state index in [1.54, 1.807) is 0 Å². The summed E-state index contributed by atoms with van der Waals surface area (Å²) in [5, 5.41) is 0. The number of quaternary nitrogens is 1. The summed E-state index contributed by atoms with van der Waals surface area (Å²) in [5.41, 5.74) is 8.31. The molecule has 194 valence electrons. The first-order valence-electron chi connectivity index (χ1n) is 14.7. The van der Waals surface area contributed by atoms with Crippen LogP contribution in [0, 0.1) is 20.8 Å². The Labute approximate surface area is 222 Å². The monoisotopic (exact) mass is 484 g/mol. The van der Waals surface area contributed by atoms with Crippen molar-refractivity contribution in [2.24, 2.45) is 0 Å². The molecule has 0 spiro atoms. The predicted octanol–water partition coefficient (Wildman–Crippen LogP) is 11.3. The van der Waals surface area contributed by atoms with Crippen LogP contribution in [-0.4, -0.2) is 6.54 Å². The molecule has 0 aliphatic heterocycles. The first-order valence-corrected chi connectivity index (χ1v) is 14.7. The Morgan fingerprint density at radius 2 is 0.722 bits per heavy atom. The van der Waals surface area contributed by atoms with Crippen molar-refractivity contribution in [3.8, 4) is 0 Å². The average Bonchev–Trinajstić information content (AvgIpc) is 2.89. The summed E-state index contributed by atoms with van der Waals surface area (Å²) >= 11 is 0. The lowest BCUT2D eigenvalue weighted by molar-refractivity contribution is 0.468. The Hall–Kier alpha value is -2.38. The standard InChI is InChI=1S/C35H50N/c1-5-6-7-8-9-10-11-12-13-14-15-22-29-36(33-26-19-16-23-30(33)2,34-27-20-17-24-31(34)3)35-28-21-18-25-32(35)4/h16-21,23-28H,5-15,22,29H2,1-4H3/q+1. The van der Waals surface area contributed by atoms with E-state index in [9.17, 15) is 0 Å². The molecule has 0 atom stereocenters. The highest BCUT2D eigenvalue weighted by Gasteiger charge is 2.39. The molecule has 0 bridgehead atoms. The van der Waals surface area contributed by atoms with E-state index < -0.39 is 0 Å². The molecule has 0 unspecified atom stereocenters. The number of hydrogen-bond donors (Lipinski definition) is 0. The number of rotatable bonds is 16. The van der Waals surface area contributed by atoms with Gasteiger partial charge in [-0.05, 0) is 33.6 Å². The maximum absolute atomic E-state index is 2.36. The molecule has 3 rings (SSSR count). The quantitative estimate of drug-likeness (QED) is 0.140. The van der Waals surface area contributed by atoms with Crippen LogP contribution in [0.4, 0.5) is 17.1 Å². The molecule has 0 heterocycles. The van der Waals surface area contributed by atoms with Gasteiger partial charge in [-0.2, -0.15) is 0 Å². The van der Waals surface area contributed by atoms with Crippen molar-refractivity contribution in [1.29, 1.82) is 0 Å². The lowest BCUT2D eigenvalue weighted by atomic mass is 9.99. The zero-order chi connectivity index (χ0) is 25.6. The zero-order valence-corrected chi connectivity index (χ0v) is 23.6. The van der Waals surface area contributed by atoms with Gasteiger partial charge in [-0.1, -0.05) is 126 Å². The normalized spacial score (nSPS) is 11.7. The van der Waals surface area contributed by atoms with Crippen molar-refractivity contribution >= 4 is 17.1 Å². The summed E-state index contributed by atoms with van der Waals surface area (Å²) in [5.74, 6) is 0. The van der Waals surface area contributed by atoms with E-state index in [1.807, 2.05) is 0 Å². The van der Waals surface area contributed by atoms with E-state index in [2.05, 4.69) is 100 Å². The third-order valence-corrected chi connectivity index (χ3v) is 7.93. The van der Waals surface area contributed by atoms with Crippen molar-refractivity contribution in [3.05, 3.63) is 89.5 Å². The summed E-state index contributed by atoms with van der Waals surface area (Å²) in [4.78, 5) is 0. The number of hydrogen-bond acceptors (Lipinski definition) is 0. The fourth-order valence-corrected chi connectivity index (χ4v) is 5.92. The Balaban J connectivity index is 1.74. The maximum atomic E-state index is 2.36. The summed E-state index contributed by atoms with van der Waals surface area (Å²) < 4.78 is 0.809. The highest BCUT2D eigenvalue weighted by molar-refractivity contribution is 5.76. The van der Waals surface area contributed by atoms with Crippen LogP contribution in [0.25, 0.3) is 0 Å². The van der Waals surface area contributed by atoms with Crippen molar-refractivity contribution < 1.29 is 0 Å². The number of aryl methyl sites for hydroxylation is 3. The predicted molar refractivity (Wildman–Crippen MR) is 161 cm³/mol. The molecule has 0 N–H and O–H groups in total. The number of unbranched alkanes of at least 4 members (excludes halogenated alkanes) is 11. The molecule has 0 aliphatic rings. The van der Waals surface area contributed by atoms with E-state index in [4.69, 9.17) is 0 Å². The molecular weight excluding hydrogens is 434 g/mol. The van der Waals surface area contributed by atoms with E-state index in [0.29, 0.717) is 0 Å². The van der Waals surface area contributed by atoms with Gasteiger partial charge < -0.3 is 0 Å². The molecule has 36 heavy (non-hydrogen) atoms. The van der Waals surface area contributed by atoms with Gasteiger partial charge in [0.2, 0.25) is 0 Å². The van der Waals surface area contributed by atoms with Crippen LogP contribution < -0.4 is 4.48 Å². The SMILES string of the molecule is CCCCCCCCCCCCCC[N+](c1ccccc1C)(c1ccccc1C)c1ccccc1C. The van der Waals surface area contributed by atoms with Crippen LogP contribution in [0.15, 0.2) is 72.8 Å². The van der Waals surface area contributed by atoms with E-state index in [1.165, 1.54) is 111 Å². The lowest BCUT2D eigenvalue weighted by Gasteiger charge is -2.40. The van der Waals surface area contributed by atoms with Gasteiger partial charge in [0.15, 0.2) is 0 Å². The van der Waals surface area contributed by atoms with Gasteiger partial charge in [-0.15, -0.1) is 0 Å². The Kier molecular flexibility index (Phi) is 11.8. The molecule has 0 fully saturated rings. The first kappa shape index (κ1) is 28.2. The van der Waals surface area contributed by atoms with Crippen molar-refractivity contribution in [3.63, 3.8) is 0 Å². The highest BCUT2D eigenvalue weighted by Crippen LogP contribution is 2.48. The number of nitrogens with zero attached hydrogens (tertiary/aromatic N) is 1. The molecule has 0 saturated carbocycles. The summed E-state index contributed by atoms with van der Waals surface area (Å²) in [6, 6.07) is 27.1. The minimum atomic E-state index is 0.809. The third-order valence-electron chi connectivity index (χ3n) is 7.93. The smallest absolute Gasteiger partial charge is 0.145 e. The second kappa shape index (κ2) is 15.0. The van der Waals surface area contributed by atoms with E-state index in [-0.39, 0.29) is 0 Å². The Morgan fingerprint density at radius 3 is 1.06 bits per heavy atom. The second-order valence-electron chi connectivity index (χ2n) is 10.8. The van der Waals surface area contributed by atoms with Gasteiger partial charge in [0, 0.05) is 34.9 Å². The molecule has 0 aromatic heterocycles. The van der Waals surface area contributed by atoms with E-state index in [0.717, 1.165) is 11.0 Å². The maximum Gasteiger partial charge on any atom is 0.145 e. The first-order chi connectivity index (χ1) is 17.6. The van der Waals surface area contributed by atoms with Crippen LogP contribution in [-0.2, 0) is 0 Å². The Morgan fingerprint density at radius 1 is 0.417 bits per heavy atom. The molecule has 3 aromatic carbocycles. The van der Waals surface area contributed by atoms with Crippen LogP contribution in [0.1, 0.15) is 101 Å². The fraction of sp³-hybridized carbons (Fsp3) is 0.486. The second-order valence-corrected chi connectivity index (χ2v) is 10.8. The topological polar surface area (TPSA) is 0 Å². The fourth-order valence-electron chi connectivity index (χ4n) is 5.92. The molecule has 1 heteroatoms. The van der Waals surface area contributed by atoms with Gasteiger partial charge in [-0.3, -0.25) is 0 Å². The van der Waals surface area contributed by atoms with Crippen molar-refractivity contribution in [1.82, 2.24) is 4.48 Å². The van der Waals surface area contributed by atoms with Gasteiger partial charge in [-0.25, -0.2) is 4.48 Å². The summed E-state index contributed by atoms with van der Waals surface area (Å²) in [6.07, 6.45) is 16.6. The third kappa shape index (κ3) is 7.32. The van der Waals surface area contributed by atoms with Gasteiger partial charge in [0.1, 0.15) is 17.1 Å². The van der Waals surface area contributed by atoms with Crippen LogP contribution in [0.3, 0.4) is 0 Å². The minimum Gasteiger partial charge on any atom is -0.226 e. The zero-order valence-electron chi connectivity index (χ0n) is 23.6. The molecular formula is C35H50N+. The van der Waals surface area contributed by atoms with E-state index >= 15 is 0 Å². The molecule has 0 radical (unpaired) electrons. The van der Waals surface area contributed by atoms with Crippen LogP contribution >= 0.6 is 0 Å². The van der Waals surface area contributed by atoms with Crippen molar-refractivity contribution in [2.75, 3.05) is 6.54 Å². The highest BCUT2D eigenvalue weighted by atomic mass is 15.4. The average molecular weight is 485 g/mol. The van der Waals surface area contributed by atoms with Gasteiger partial charge >= 0.3 is 0 Å². The molecule has 0 saturated heterocycles. The minimum absolute atomic E-state index is 0.809. The molecule has 1 nitrogen and oxygen atoms in total. The van der Waals surface area contributed by atoms with Crippen LogP contribution in [0.2, 0.25) is 0 Å². The van der Waals surface area contributed by atoms with Gasteiger partial charge in [0.25, 0.3) is 0 Å². The molecule has 0 aliphatic carbocycles. The number of benzene rings is 3. The van der Waals surface area contributed by atoms with Crippen LogP contribution in [0.5, 0.6) is 0 Å². The summed E-state index contributed by atoms with van der Waals surface area (Å²) in [6.45, 7) is 10.2.